The number of nitrogens with zero attached hydrogens (tertiary/aromatic N) is 1. The Bertz CT molecular complexity index is 624. The number of amides is 2. The number of thioether (sulfide) groups is 1. The molecule has 0 unspecified atom stereocenters. The van der Waals surface area contributed by atoms with Gasteiger partial charge in [0.1, 0.15) is 5.03 Å². The van der Waals surface area contributed by atoms with Crippen molar-refractivity contribution in [2.45, 2.75) is 57.6 Å². The highest BCUT2D eigenvalue weighted by Crippen LogP contribution is 2.20. The predicted molar refractivity (Wildman–Crippen MR) is 101 cm³/mol. The maximum atomic E-state index is 12.2. The molecule has 1 rings (SSSR count). The van der Waals surface area contributed by atoms with Crippen molar-refractivity contribution in [2.75, 3.05) is 12.4 Å². The summed E-state index contributed by atoms with van der Waals surface area (Å²) in [4.78, 5) is 40.0. The summed E-state index contributed by atoms with van der Waals surface area (Å²) in [6, 6.07) is 3.30. The van der Waals surface area contributed by atoms with Crippen molar-refractivity contribution in [2.24, 2.45) is 0 Å². The van der Waals surface area contributed by atoms with Crippen LogP contribution in [-0.4, -0.2) is 47.2 Å². The second-order valence-corrected chi connectivity index (χ2v) is 6.94. The molecule has 0 saturated carbocycles. The number of carbonyl (C=O) groups excluding carboxylic acids is 3. The Balaban J connectivity index is 2.60. The van der Waals surface area contributed by atoms with Gasteiger partial charge in [0.05, 0.1) is 11.3 Å². The van der Waals surface area contributed by atoms with Crippen molar-refractivity contribution in [1.29, 1.82) is 0 Å². The summed E-state index contributed by atoms with van der Waals surface area (Å²) in [5.41, 5.74) is 0.241. The van der Waals surface area contributed by atoms with Crippen molar-refractivity contribution >= 4 is 29.5 Å². The molecule has 144 valence electrons. The van der Waals surface area contributed by atoms with Gasteiger partial charge in [-0.2, -0.15) is 0 Å². The summed E-state index contributed by atoms with van der Waals surface area (Å²) in [6.07, 6.45) is 3.18. The molecule has 0 saturated heterocycles. The lowest BCUT2D eigenvalue weighted by Crippen LogP contribution is -2.35. The third-order valence-electron chi connectivity index (χ3n) is 3.70. The minimum absolute atomic E-state index is 0.0229. The van der Waals surface area contributed by atoms with E-state index in [1.807, 2.05) is 27.7 Å². The van der Waals surface area contributed by atoms with E-state index < -0.39 is 5.97 Å². The maximum absolute atomic E-state index is 12.2. The average molecular weight is 381 g/mol. The number of esters is 1. The lowest BCUT2D eigenvalue weighted by Gasteiger charge is -2.13. The van der Waals surface area contributed by atoms with Gasteiger partial charge in [0.2, 0.25) is 5.91 Å². The van der Waals surface area contributed by atoms with Crippen LogP contribution >= 0.6 is 11.8 Å². The molecular formula is C18H27N3O4S. The summed E-state index contributed by atoms with van der Waals surface area (Å²) >= 11 is 1.16. The molecule has 0 aliphatic carbocycles. The molecule has 1 heterocycles. The maximum Gasteiger partial charge on any atom is 0.341 e. The number of pyridine rings is 1. The van der Waals surface area contributed by atoms with E-state index in [4.69, 9.17) is 4.74 Å². The van der Waals surface area contributed by atoms with Gasteiger partial charge >= 0.3 is 5.97 Å². The molecular weight excluding hydrogens is 354 g/mol. The van der Waals surface area contributed by atoms with Gasteiger partial charge in [-0.3, -0.25) is 9.59 Å². The number of carbonyl (C=O) groups is 3. The van der Waals surface area contributed by atoms with Crippen LogP contribution in [0.5, 0.6) is 0 Å². The summed E-state index contributed by atoms with van der Waals surface area (Å²) in [5, 5.41) is 5.98. The fourth-order valence-corrected chi connectivity index (χ4v) is 2.63. The summed E-state index contributed by atoms with van der Waals surface area (Å²) in [6.45, 7) is 7.39. The van der Waals surface area contributed by atoms with Crippen molar-refractivity contribution < 1.29 is 19.1 Å². The Morgan fingerprint density at radius 2 is 1.73 bits per heavy atom. The number of aromatic nitrogens is 1. The Morgan fingerprint density at radius 3 is 2.35 bits per heavy atom. The Hall–Kier alpha value is -2.09. The third-order valence-corrected chi connectivity index (χ3v) is 4.71. The van der Waals surface area contributed by atoms with Gasteiger partial charge in [0.25, 0.3) is 5.91 Å². The van der Waals surface area contributed by atoms with Gasteiger partial charge in [0, 0.05) is 18.3 Å². The Labute approximate surface area is 158 Å². The van der Waals surface area contributed by atoms with Crippen LogP contribution in [0.15, 0.2) is 23.4 Å². The topological polar surface area (TPSA) is 97.4 Å². The van der Waals surface area contributed by atoms with Crippen molar-refractivity contribution in [3.8, 4) is 0 Å². The van der Waals surface area contributed by atoms with E-state index in [9.17, 15) is 14.4 Å². The van der Waals surface area contributed by atoms with E-state index in [-0.39, 0.29) is 41.8 Å². The predicted octanol–water partition coefficient (Wildman–Crippen LogP) is 2.16. The van der Waals surface area contributed by atoms with Crippen LogP contribution in [0.2, 0.25) is 0 Å². The van der Waals surface area contributed by atoms with Gasteiger partial charge in [-0.15, -0.1) is 0 Å². The van der Waals surface area contributed by atoms with Crippen LogP contribution in [0.1, 0.15) is 50.9 Å². The Kier molecular flexibility index (Phi) is 9.72. The lowest BCUT2D eigenvalue weighted by molar-refractivity contribution is -0.124. The molecule has 0 spiro atoms. The van der Waals surface area contributed by atoms with Gasteiger partial charge in [-0.1, -0.05) is 25.6 Å². The normalized spacial score (nSPS) is 12.8. The fourth-order valence-electron chi connectivity index (χ4n) is 1.84. The summed E-state index contributed by atoms with van der Waals surface area (Å²) in [7, 11) is 0. The van der Waals surface area contributed by atoms with E-state index in [1.165, 1.54) is 0 Å². The number of nitrogens with one attached hydrogen (secondary N) is 2. The van der Waals surface area contributed by atoms with Gasteiger partial charge in [-0.05, 0) is 38.8 Å². The first-order valence-electron chi connectivity index (χ1n) is 8.70. The SMILES string of the molecule is CC[C@@H](C)NC(=O)COC(=O)c1cccnc1SCC(=O)N[C@@H](C)CC. The molecule has 26 heavy (non-hydrogen) atoms. The van der Waals surface area contributed by atoms with Gasteiger partial charge in [-0.25, -0.2) is 9.78 Å². The number of rotatable bonds is 10. The zero-order chi connectivity index (χ0) is 19.5. The molecule has 0 fully saturated rings. The number of ether oxygens (including phenoxy) is 1. The van der Waals surface area contributed by atoms with Crippen LogP contribution in [0, 0.1) is 0 Å². The van der Waals surface area contributed by atoms with Crippen LogP contribution in [-0.2, 0) is 14.3 Å². The Morgan fingerprint density at radius 1 is 1.12 bits per heavy atom. The van der Waals surface area contributed by atoms with E-state index in [2.05, 4.69) is 15.6 Å². The highest BCUT2D eigenvalue weighted by molar-refractivity contribution is 8.00. The van der Waals surface area contributed by atoms with Crippen LogP contribution < -0.4 is 10.6 Å². The minimum Gasteiger partial charge on any atom is -0.452 e. The molecule has 2 N–H and O–H groups in total. The lowest BCUT2D eigenvalue weighted by atomic mass is 10.2. The largest absolute Gasteiger partial charge is 0.452 e. The molecule has 8 heteroatoms. The van der Waals surface area contributed by atoms with E-state index in [0.717, 1.165) is 24.6 Å². The molecule has 0 bridgehead atoms. The second kappa shape index (κ2) is 11.5. The second-order valence-electron chi connectivity index (χ2n) is 5.97. The van der Waals surface area contributed by atoms with Crippen LogP contribution in [0.4, 0.5) is 0 Å². The van der Waals surface area contributed by atoms with E-state index in [0.29, 0.717) is 5.03 Å². The third kappa shape index (κ3) is 7.86. The molecule has 0 radical (unpaired) electrons. The van der Waals surface area contributed by atoms with Gasteiger partial charge < -0.3 is 15.4 Å². The minimum atomic E-state index is -0.637. The van der Waals surface area contributed by atoms with Crippen molar-refractivity contribution in [3.05, 3.63) is 23.9 Å². The van der Waals surface area contributed by atoms with Crippen LogP contribution in [0.3, 0.4) is 0 Å². The molecule has 2 amide bonds. The first-order valence-corrected chi connectivity index (χ1v) is 9.69. The number of hydrogen-bond acceptors (Lipinski definition) is 6. The van der Waals surface area contributed by atoms with Gasteiger partial charge in [0.15, 0.2) is 6.61 Å². The smallest absolute Gasteiger partial charge is 0.341 e. The molecule has 0 aliphatic rings. The average Bonchev–Trinajstić information content (AvgIpc) is 2.64. The number of hydrogen-bond donors (Lipinski definition) is 2. The molecule has 0 aromatic carbocycles. The van der Waals surface area contributed by atoms with Crippen LogP contribution in [0.25, 0.3) is 0 Å². The highest BCUT2D eigenvalue weighted by Gasteiger charge is 2.17. The quantitative estimate of drug-likeness (QED) is 0.476. The van der Waals surface area contributed by atoms with Crippen molar-refractivity contribution in [1.82, 2.24) is 15.6 Å². The first-order chi connectivity index (χ1) is 12.4. The molecule has 1 aromatic rings. The monoisotopic (exact) mass is 381 g/mol. The molecule has 1 aromatic heterocycles. The summed E-state index contributed by atoms with van der Waals surface area (Å²) < 4.78 is 5.06. The highest BCUT2D eigenvalue weighted by atomic mass is 32.2. The fraction of sp³-hybridized carbons (Fsp3) is 0.556. The van der Waals surface area contributed by atoms with E-state index in [1.54, 1.807) is 18.3 Å². The first kappa shape index (κ1) is 22.0. The molecule has 2 atom stereocenters. The zero-order valence-corrected chi connectivity index (χ0v) is 16.5. The standard InChI is InChI=1S/C18H27N3O4S/c1-5-12(3)20-15(22)10-25-18(24)14-8-7-9-19-17(14)26-11-16(23)21-13(4)6-2/h7-9,12-13H,5-6,10-11H2,1-4H3,(H,20,22)(H,21,23)/t12-,13+/m1/s1. The molecule has 0 aliphatic heterocycles. The van der Waals surface area contributed by atoms with E-state index >= 15 is 0 Å². The van der Waals surface area contributed by atoms with Crippen molar-refractivity contribution in [3.63, 3.8) is 0 Å². The summed E-state index contributed by atoms with van der Waals surface area (Å²) in [5.74, 6) is -0.959. The molecule has 7 nitrogen and oxygen atoms in total. The zero-order valence-electron chi connectivity index (χ0n) is 15.7.